The van der Waals surface area contributed by atoms with Gasteiger partial charge in [-0.1, -0.05) is 29.3 Å². The number of aromatic carboxylic acids is 1. The lowest BCUT2D eigenvalue weighted by Crippen LogP contribution is -2.39. The van der Waals surface area contributed by atoms with Gasteiger partial charge >= 0.3 is 5.97 Å². The van der Waals surface area contributed by atoms with Gasteiger partial charge in [-0.2, -0.15) is 4.98 Å². The summed E-state index contributed by atoms with van der Waals surface area (Å²) >= 11 is 12.2. The van der Waals surface area contributed by atoms with Gasteiger partial charge in [-0.3, -0.25) is 4.90 Å². The number of fused-ring (bicyclic) bond motifs is 1. The van der Waals surface area contributed by atoms with Gasteiger partial charge in [0.05, 0.1) is 29.2 Å². The molecule has 1 aromatic carbocycles. The molecule has 12 heteroatoms. The Morgan fingerprint density at radius 2 is 1.88 bits per heavy atom. The molecular formula is C28H28Cl2N6O4. The van der Waals surface area contributed by atoms with Crippen molar-refractivity contribution in [2.45, 2.75) is 51.0 Å². The quantitative estimate of drug-likeness (QED) is 0.301. The molecule has 0 spiro atoms. The molecule has 2 saturated heterocycles. The van der Waals surface area contributed by atoms with Crippen molar-refractivity contribution in [3.63, 3.8) is 0 Å². The SMILES string of the molecule is O=C(O)c1ccc2nc(CN3CCC(Oc4ccnc(Cc5ccc(Cl)c(Cl)c5)n4)CC3)n(CC3CCO3)c2n1. The molecule has 0 saturated carbocycles. The highest BCUT2D eigenvalue weighted by Gasteiger charge is 2.26. The summed E-state index contributed by atoms with van der Waals surface area (Å²) < 4.78 is 13.9. The van der Waals surface area contributed by atoms with E-state index < -0.39 is 5.97 Å². The number of pyridine rings is 1. The van der Waals surface area contributed by atoms with Crippen LogP contribution in [0, 0.1) is 0 Å². The molecule has 1 N–H and O–H groups in total. The smallest absolute Gasteiger partial charge is 0.354 e. The number of likely N-dealkylation sites (tertiary alicyclic amines) is 1. The summed E-state index contributed by atoms with van der Waals surface area (Å²) in [5.74, 6) is 1.03. The lowest BCUT2D eigenvalue weighted by Gasteiger charge is -2.32. The molecule has 0 amide bonds. The van der Waals surface area contributed by atoms with Crippen LogP contribution in [-0.2, 0) is 24.2 Å². The largest absolute Gasteiger partial charge is 0.477 e. The Balaban J connectivity index is 1.09. The topological polar surface area (TPSA) is 115 Å². The minimum atomic E-state index is -1.05. The third-order valence-electron chi connectivity index (χ3n) is 7.28. The molecule has 0 radical (unpaired) electrons. The van der Waals surface area contributed by atoms with Gasteiger partial charge in [0.1, 0.15) is 23.3 Å². The van der Waals surface area contributed by atoms with Crippen molar-refractivity contribution in [3.8, 4) is 5.88 Å². The summed E-state index contributed by atoms with van der Waals surface area (Å²) in [6.45, 7) is 3.67. The summed E-state index contributed by atoms with van der Waals surface area (Å²) in [5.41, 5.74) is 2.27. The fraction of sp³-hybridized carbons (Fsp3) is 0.393. The first-order valence-corrected chi connectivity index (χ1v) is 14.0. The number of rotatable bonds is 9. The number of halogens is 2. The molecule has 3 aromatic heterocycles. The second kappa shape index (κ2) is 11.7. The summed E-state index contributed by atoms with van der Waals surface area (Å²) in [6.07, 6.45) is 5.05. The minimum Gasteiger partial charge on any atom is -0.477 e. The molecule has 10 nitrogen and oxygen atoms in total. The Morgan fingerprint density at radius 1 is 1.05 bits per heavy atom. The number of imidazole rings is 1. The van der Waals surface area contributed by atoms with E-state index >= 15 is 0 Å². The highest BCUT2D eigenvalue weighted by molar-refractivity contribution is 6.42. The number of piperidine rings is 1. The van der Waals surface area contributed by atoms with Crippen molar-refractivity contribution in [3.05, 3.63) is 75.5 Å². The predicted molar refractivity (Wildman–Crippen MR) is 149 cm³/mol. The van der Waals surface area contributed by atoms with Crippen molar-refractivity contribution >= 4 is 40.3 Å². The number of nitrogens with zero attached hydrogens (tertiary/aromatic N) is 6. The maximum atomic E-state index is 11.5. The molecule has 2 aliphatic heterocycles. The Bertz CT molecular complexity index is 1530. The van der Waals surface area contributed by atoms with Gasteiger partial charge in [0.15, 0.2) is 11.3 Å². The maximum absolute atomic E-state index is 11.5. The summed E-state index contributed by atoms with van der Waals surface area (Å²) in [6, 6.07) is 10.5. The van der Waals surface area contributed by atoms with Crippen LogP contribution in [0.4, 0.5) is 0 Å². The highest BCUT2D eigenvalue weighted by atomic mass is 35.5. The monoisotopic (exact) mass is 582 g/mol. The van der Waals surface area contributed by atoms with Crippen LogP contribution >= 0.6 is 23.2 Å². The van der Waals surface area contributed by atoms with E-state index in [0.717, 1.165) is 50.3 Å². The number of benzene rings is 1. The minimum absolute atomic E-state index is 0.0116. The van der Waals surface area contributed by atoms with Gasteiger partial charge in [0.2, 0.25) is 5.88 Å². The summed E-state index contributed by atoms with van der Waals surface area (Å²) in [4.78, 5) is 32.0. The zero-order chi connectivity index (χ0) is 27.6. The van der Waals surface area contributed by atoms with Crippen LogP contribution < -0.4 is 4.74 Å². The van der Waals surface area contributed by atoms with Crippen LogP contribution in [0.5, 0.6) is 5.88 Å². The van der Waals surface area contributed by atoms with Crippen LogP contribution in [0.3, 0.4) is 0 Å². The van der Waals surface area contributed by atoms with E-state index in [1.165, 1.54) is 6.07 Å². The Hall–Kier alpha value is -3.31. The van der Waals surface area contributed by atoms with Crippen molar-refractivity contribution in [1.82, 2.24) is 29.4 Å². The van der Waals surface area contributed by atoms with E-state index in [-0.39, 0.29) is 17.9 Å². The molecule has 4 aromatic rings. The van der Waals surface area contributed by atoms with Crippen LogP contribution in [0.25, 0.3) is 11.2 Å². The number of carboxylic acid groups (broad SMARTS) is 1. The fourth-order valence-corrected chi connectivity index (χ4v) is 5.35. The lowest BCUT2D eigenvalue weighted by atomic mass is 10.1. The van der Waals surface area contributed by atoms with Gasteiger partial charge < -0.3 is 19.1 Å². The summed E-state index contributed by atoms with van der Waals surface area (Å²) in [5, 5.41) is 10.4. The molecule has 40 heavy (non-hydrogen) atoms. The van der Waals surface area contributed by atoms with Gasteiger partial charge in [-0.05, 0) is 49.1 Å². The molecule has 2 aliphatic rings. The first-order valence-electron chi connectivity index (χ1n) is 13.3. The van der Waals surface area contributed by atoms with Gasteiger partial charge in [0.25, 0.3) is 0 Å². The molecule has 1 atom stereocenters. The zero-order valence-corrected chi connectivity index (χ0v) is 23.2. The second-order valence-electron chi connectivity index (χ2n) is 10.1. The Morgan fingerprint density at radius 3 is 2.60 bits per heavy atom. The first-order chi connectivity index (χ1) is 19.4. The van der Waals surface area contributed by atoms with Crippen molar-refractivity contribution in [2.75, 3.05) is 19.7 Å². The standard InChI is InChI=1S/C28H28Cl2N6O4/c29-20-2-1-17(13-21(20)30)14-24-31-9-5-26(34-24)40-18-6-10-35(11-7-18)16-25-32-22-3-4-23(28(37)38)33-27(22)36(25)15-19-8-12-39-19/h1-5,9,13,18-19H,6-8,10-12,14-16H2,(H,37,38). The molecular weight excluding hydrogens is 555 g/mol. The molecule has 1 unspecified atom stereocenters. The van der Waals surface area contributed by atoms with Gasteiger partial charge in [0, 0.05) is 38.4 Å². The molecule has 5 heterocycles. The van der Waals surface area contributed by atoms with Crippen LogP contribution in [0.1, 0.15) is 47.0 Å². The number of hydrogen-bond acceptors (Lipinski definition) is 8. The Kier molecular flexibility index (Phi) is 7.84. The molecule has 0 bridgehead atoms. The van der Waals surface area contributed by atoms with Crippen LogP contribution in [0.2, 0.25) is 10.0 Å². The first kappa shape index (κ1) is 26.9. The zero-order valence-electron chi connectivity index (χ0n) is 21.7. The van der Waals surface area contributed by atoms with Crippen LogP contribution in [0.15, 0.2) is 42.6 Å². The number of ether oxygens (including phenoxy) is 2. The highest BCUT2D eigenvalue weighted by Crippen LogP contribution is 2.25. The maximum Gasteiger partial charge on any atom is 0.354 e. The van der Waals surface area contributed by atoms with E-state index in [0.29, 0.717) is 52.4 Å². The number of carboxylic acids is 1. The third-order valence-corrected chi connectivity index (χ3v) is 8.02. The number of carbonyl (C=O) groups is 1. The van der Waals surface area contributed by atoms with E-state index in [9.17, 15) is 9.90 Å². The van der Waals surface area contributed by atoms with Crippen molar-refractivity contribution in [2.24, 2.45) is 0 Å². The predicted octanol–water partition coefficient (Wildman–Crippen LogP) is 4.65. The number of aromatic nitrogens is 5. The average Bonchev–Trinajstić information content (AvgIpc) is 3.25. The fourth-order valence-electron chi connectivity index (χ4n) is 5.03. The van der Waals surface area contributed by atoms with Crippen molar-refractivity contribution in [1.29, 1.82) is 0 Å². The van der Waals surface area contributed by atoms with E-state index in [1.807, 2.05) is 16.7 Å². The summed E-state index contributed by atoms with van der Waals surface area (Å²) in [7, 11) is 0. The number of hydrogen-bond donors (Lipinski definition) is 1. The van der Waals surface area contributed by atoms with Crippen LogP contribution in [-0.4, -0.2) is 72.4 Å². The van der Waals surface area contributed by atoms with Gasteiger partial charge in [-0.25, -0.2) is 19.7 Å². The van der Waals surface area contributed by atoms with E-state index in [4.69, 9.17) is 37.7 Å². The van der Waals surface area contributed by atoms with E-state index in [2.05, 4.69) is 19.9 Å². The molecule has 2 fully saturated rings. The average molecular weight is 583 g/mol. The second-order valence-corrected chi connectivity index (χ2v) is 10.9. The van der Waals surface area contributed by atoms with Gasteiger partial charge in [-0.15, -0.1) is 0 Å². The van der Waals surface area contributed by atoms with Crippen molar-refractivity contribution < 1.29 is 19.4 Å². The molecule has 6 rings (SSSR count). The normalized spacial score (nSPS) is 18.1. The lowest BCUT2D eigenvalue weighted by molar-refractivity contribution is -0.0593. The Labute approximate surface area is 240 Å². The van der Waals surface area contributed by atoms with E-state index in [1.54, 1.807) is 24.4 Å². The molecule has 0 aliphatic carbocycles. The third kappa shape index (κ3) is 6.05. The molecule has 208 valence electrons.